The van der Waals surface area contributed by atoms with Crippen molar-refractivity contribution in [1.29, 1.82) is 0 Å². The number of aliphatic hydroxyl groups excluding tert-OH is 1. The number of amidine groups is 1. The molecule has 142 valence electrons. The first kappa shape index (κ1) is 18.7. The lowest BCUT2D eigenvalue weighted by atomic mass is 9.92. The number of rotatable bonds is 5. The number of phenols is 1. The summed E-state index contributed by atoms with van der Waals surface area (Å²) in [5.41, 5.74) is 4.16. The van der Waals surface area contributed by atoms with E-state index in [0.717, 1.165) is 27.1 Å². The molecule has 0 amide bonds. The fraction of sp³-hybridized carbons (Fsp3) is 0.174. The Morgan fingerprint density at radius 2 is 1.71 bits per heavy atom. The van der Waals surface area contributed by atoms with Crippen molar-refractivity contribution in [3.05, 3.63) is 94.0 Å². The molecule has 0 saturated carbocycles. The first-order valence-electron chi connectivity index (χ1n) is 9.27. The summed E-state index contributed by atoms with van der Waals surface area (Å²) in [6.45, 7) is 0.786. The molecule has 0 fully saturated rings. The smallest absolute Gasteiger partial charge is 0.137 e. The van der Waals surface area contributed by atoms with Crippen molar-refractivity contribution in [2.75, 3.05) is 13.2 Å². The van der Waals surface area contributed by atoms with Crippen molar-refractivity contribution in [3.63, 3.8) is 0 Å². The summed E-state index contributed by atoms with van der Waals surface area (Å²) in [4.78, 5) is 7.20. The molecule has 5 heteroatoms. The number of aromatic hydroxyl groups is 1. The minimum Gasteiger partial charge on any atom is -0.508 e. The Balaban J connectivity index is 1.91. The fourth-order valence-electron chi connectivity index (χ4n) is 3.63. The standard InChI is InChI=1S/C23H21BrN2O2/c24-18-9-12-21-20(15-18)22(16-5-2-1-3-6-16)26(13-4-14-27)23(25-21)17-7-10-19(28)11-8-17/h1-3,5-12,15,22,27-28H,4,13-14H2. The summed E-state index contributed by atoms with van der Waals surface area (Å²) in [6.07, 6.45) is 0.643. The third-order valence-electron chi connectivity index (χ3n) is 4.89. The number of hydrogen-bond donors (Lipinski definition) is 2. The lowest BCUT2D eigenvalue weighted by Crippen LogP contribution is -2.39. The number of benzene rings is 3. The van der Waals surface area contributed by atoms with E-state index in [4.69, 9.17) is 4.99 Å². The van der Waals surface area contributed by atoms with Crippen molar-refractivity contribution in [2.45, 2.75) is 12.5 Å². The first-order valence-corrected chi connectivity index (χ1v) is 10.1. The van der Waals surface area contributed by atoms with E-state index in [2.05, 4.69) is 39.0 Å². The van der Waals surface area contributed by atoms with Crippen LogP contribution in [0.15, 0.2) is 82.3 Å². The van der Waals surface area contributed by atoms with Crippen LogP contribution in [0, 0.1) is 0 Å². The van der Waals surface area contributed by atoms with Gasteiger partial charge in [0.2, 0.25) is 0 Å². The number of nitrogens with zero attached hydrogens (tertiary/aromatic N) is 2. The van der Waals surface area contributed by atoms with Gasteiger partial charge in [0.25, 0.3) is 0 Å². The molecule has 1 heterocycles. The minimum absolute atomic E-state index is 0.0125. The highest BCUT2D eigenvalue weighted by atomic mass is 79.9. The predicted molar refractivity (Wildman–Crippen MR) is 115 cm³/mol. The number of phenolic OH excluding ortho intramolecular Hbond substituents is 1. The van der Waals surface area contributed by atoms with Crippen molar-refractivity contribution in [1.82, 2.24) is 4.90 Å². The van der Waals surface area contributed by atoms with Crippen LogP contribution in [0.2, 0.25) is 0 Å². The van der Waals surface area contributed by atoms with Crippen molar-refractivity contribution >= 4 is 27.5 Å². The maximum absolute atomic E-state index is 9.69. The summed E-state index contributed by atoms with van der Waals surface area (Å²) < 4.78 is 1.01. The Morgan fingerprint density at radius 1 is 0.964 bits per heavy atom. The van der Waals surface area contributed by atoms with Crippen molar-refractivity contribution < 1.29 is 10.2 Å². The number of aliphatic hydroxyl groups is 1. The fourth-order valence-corrected chi connectivity index (χ4v) is 4.01. The predicted octanol–water partition coefficient (Wildman–Crippen LogP) is 5.02. The van der Waals surface area contributed by atoms with Gasteiger partial charge in [-0.05, 0) is 54.4 Å². The molecule has 1 aliphatic heterocycles. The summed E-state index contributed by atoms with van der Waals surface area (Å²) >= 11 is 3.60. The highest BCUT2D eigenvalue weighted by molar-refractivity contribution is 9.10. The lowest BCUT2D eigenvalue weighted by molar-refractivity contribution is 0.254. The second kappa shape index (κ2) is 8.17. The van der Waals surface area contributed by atoms with Crippen molar-refractivity contribution in [2.24, 2.45) is 4.99 Å². The second-order valence-electron chi connectivity index (χ2n) is 6.77. The van der Waals surface area contributed by atoms with E-state index >= 15 is 0 Å². The molecule has 3 aromatic rings. The summed E-state index contributed by atoms with van der Waals surface area (Å²) in [5.74, 6) is 1.07. The lowest BCUT2D eigenvalue weighted by Gasteiger charge is -2.39. The van der Waals surface area contributed by atoms with Gasteiger partial charge in [-0.1, -0.05) is 46.3 Å². The van der Waals surface area contributed by atoms with E-state index in [0.29, 0.717) is 13.0 Å². The zero-order valence-electron chi connectivity index (χ0n) is 15.3. The van der Waals surface area contributed by atoms with Gasteiger partial charge in [0.1, 0.15) is 11.6 Å². The van der Waals surface area contributed by atoms with Crippen LogP contribution in [0.1, 0.15) is 29.2 Å². The van der Waals surface area contributed by atoms with Gasteiger partial charge in [-0.25, -0.2) is 4.99 Å². The van der Waals surface area contributed by atoms with E-state index < -0.39 is 0 Å². The second-order valence-corrected chi connectivity index (χ2v) is 7.68. The van der Waals surface area contributed by atoms with Crippen LogP contribution >= 0.6 is 15.9 Å². The zero-order chi connectivity index (χ0) is 19.5. The van der Waals surface area contributed by atoms with Crippen LogP contribution in [0.3, 0.4) is 0 Å². The molecule has 0 spiro atoms. The van der Waals surface area contributed by atoms with E-state index in [1.165, 1.54) is 5.56 Å². The van der Waals surface area contributed by atoms with Crippen LogP contribution in [-0.2, 0) is 0 Å². The number of aliphatic imine (C=N–C) groups is 1. The summed E-state index contributed by atoms with van der Waals surface area (Å²) in [7, 11) is 0. The molecule has 28 heavy (non-hydrogen) atoms. The van der Waals surface area contributed by atoms with Gasteiger partial charge in [0, 0.05) is 28.8 Å². The van der Waals surface area contributed by atoms with Crippen LogP contribution in [-0.4, -0.2) is 34.1 Å². The van der Waals surface area contributed by atoms with Crippen LogP contribution in [0.25, 0.3) is 0 Å². The number of halogens is 1. The third-order valence-corrected chi connectivity index (χ3v) is 5.39. The van der Waals surface area contributed by atoms with E-state index in [1.807, 2.05) is 42.5 Å². The molecule has 4 nitrogen and oxygen atoms in total. The van der Waals surface area contributed by atoms with Gasteiger partial charge >= 0.3 is 0 Å². The van der Waals surface area contributed by atoms with E-state index in [1.54, 1.807) is 12.1 Å². The number of hydrogen-bond acceptors (Lipinski definition) is 4. The molecule has 1 atom stereocenters. The third kappa shape index (κ3) is 3.68. The van der Waals surface area contributed by atoms with Gasteiger partial charge in [-0.3, -0.25) is 0 Å². The molecule has 0 radical (unpaired) electrons. The zero-order valence-corrected chi connectivity index (χ0v) is 16.9. The highest BCUT2D eigenvalue weighted by Gasteiger charge is 2.31. The molecule has 0 bridgehead atoms. The quantitative estimate of drug-likeness (QED) is 0.590. The van der Waals surface area contributed by atoms with E-state index in [9.17, 15) is 10.2 Å². The SMILES string of the molecule is OCCCN1C(c2ccc(O)cc2)=Nc2ccc(Br)cc2C1c1ccccc1. The van der Waals surface area contributed by atoms with Gasteiger partial charge in [-0.15, -0.1) is 0 Å². The topological polar surface area (TPSA) is 56.1 Å². The first-order chi connectivity index (χ1) is 13.7. The molecule has 4 rings (SSSR count). The van der Waals surface area contributed by atoms with E-state index in [-0.39, 0.29) is 18.4 Å². The van der Waals surface area contributed by atoms with Crippen LogP contribution < -0.4 is 0 Å². The Bertz CT molecular complexity index is 987. The highest BCUT2D eigenvalue weighted by Crippen LogP contribution is 2.41. The monoisotopic (exact) mass is 436 g/mol. The molecule has 3 aromatic carbocycles. The molecule has 2 N–H and O–H groups in total. The maximum Gasteiger partial charge on any atom is 0.137 e. The normalized spacial score (nSPS) is 15.9. The summed E-state index contributed by atoms with van der Waals surface area (Å²) in [6, 6.07) is 23.6. The Hall–Kier alpha value is -2.63. The summed E-state index contributed by atoms with van der Waals surface area (Å²) in [5, 5.41) is 19.2. The van der Waals surface area contributed by atoms with Gasteiger partial charge in [0.05, 0.1) is 11.7 Å². The maximum atomic E-state index is 9.69. The molecule has 0 aromatic heterocycles. The average molecular weight is 437 g/mol. The molecule has 0 aliphatic carbocycles. The van der Waals surface area contributed by atoms with Gasteiger partial charge in [0.15, 0.2) is 0 Å². The van der Waals surface area contributed by atoms with Crippen LogP contribution in [0.4, 0.5) is 5.69 Å². The molecule has 0 saturated heterocycles. The Labute approximate surface area is 172 Å². The average Bonchev–Trinajstić information content (AvgIpc) is 2.72. The molecular formula is C23H21BrN2O2. The number of fused-ring (bicyclic) bond motifs is 1. The Kier molecular flexibility index (Phi) is 5.46. The van der Waals surface area contributed by atoms with Crippen molar-refractivity contribution in [3.8, 4) is 5.75 Å². The van der Waals surface area contributed by atoms with Gasteiger partial charge < -0.3 is 15.1 Å². The van der Waals surface area contributed by atoms with Gasteiger partial charge in [-0.2, -0.15) is 0 Å². The molecular weight excluding hydrogens is 416 g/mol. The Morgan fingerprint density at radius 3 is 2.43 bits per heavy atom. The molecule has 1 unspecified atom stereocenters. The minimum atomic E-state index is -0.0125. The molecule has 1 aliphatic rings. The largest absolute Gasteiger partial charge is 0.508 e. The van der Waals surface area contributed by atoms with Crippen LogP contribution in [0.5, 0.6) is 5.75 Å².